The number of non-ortho nitro benzene ring substituents is 1. The lowest BCUT2D eigenvalue weighted by Gasteiger charge is -2.36. The Bertz CT molecular complexity index is 1590. The van der Waals surface area contributed by atoms with Crippen molar-refractivity contribution in [1.82, 2.24) is 0 Å². The van der Waals surface area contributed by atoms with Crippen molar-refractivity contribution in [2.45, 2.75) is 12.1 Å². The molecule has 0 saturated carbocycles. The Kier molecular flexibility index (Phi) is 5.98. The molecule has 0 spiro atoms. The Morgan fingerprint density at radius 2 is 1.68 bits per heavy atom. The molecule has 0 aliphatic carbocycles. The summed E-state index contributed by atoms with van der Waals surface area (Å²) in [6, 6.07) is 16.1. The number of hydrogen-bond donors (Lipinski definition) is 1. The summed E-state index contributed by atoms with van der Waals surface area (Å²) >= 11 is 0. The minimum Gasteiger partial charge on any atom is -0.497 e. The van der Waals surface area contributed by atoms with E-state index in [9.17, 15) is 24.5 Å². The lowest BCUT2D eigenvalue weighted by atomic mass is 9.88. The molecule has 0 unspecified atom stereocenters. The third-order valence-electron chi connectivity index (χ3n) is 7.67. The number of benzene rings is 3. The maximum absolute atomic E-state index is 14.1. The molecule has 2 fully saturated rings. The molecule has 202 valence electrons. The van der Waals surface area contributed by atoms with E-state index in [4.69, 9.17) is 9.47 Å². The maximum Gasteiger partial charge on any atom is 0.269 e. The number of carbonyl (C=O) groups is 3. The molecule has 0 aromatic heterocycles. The minimum atomic E-state index is -1.03. The smallest absolute Gasteiger partial charge is 0.269 e. The highest BCUT2D eigenvalue weighted by molar-refractivity contribution is 6.25. The number of rotatable bonds is 6. The van der Waals surface area contributed by atoms with Gasteiger partial charge in [-0.3, -0.25) is 24.5 Å². The zero-order chi connectivity index (χ0) is 28.1. The summed E-state index contributed by atoms with van der Waals surface area (Å²) in [6.45, 7) is 0. The first-order valence-corrected chi connectivity index (χ1v) is 12.5. The second-order valence-electron chi connectivity index (χ2n) is 9.65. The molecular formula is C29H24N4O7. The van der Waals surface area contributed by atoms with Gasteiger partial charge in [0, 0.05) is 23.9 Å². The highest BCUT2D eigenvalue weighted by Gasteiger charge is 2.64. The third kappa shape index (κ3) is 3.77. The summed E-state index contributed by atoms with van der Waals surface area (Å²) < 4.78 is 10.7. The van der Waals surface area contributed by atoms with Crippen molar-refractivity contribution in [3.05, 3.63) is 88.5 Å². The maximum atomic E-state index is 14.1. The summed E-state index contributed by atoms with van der Waals surface area (Å²) in [7, 11) is 2.98. The van der Waals surface area contributed by atoms with Crippen LogP contribution in [-0.4, -0.2) is 48.9 Å². The molecule has 3 amide bonds. The minimum absolute atomic E-state index is 0.162. The van der Waals surface area contributed by atoms with Gasteiger partial charge < -0.3 is 19.7 Å². The van der Waals surface area contributed by atoms with Crippen LogP contribution in [0.4, 0.5) is 22.7 Å². The van der Waals surface area contributed by atoms with Crippen molar-refractivity contribution in [1.29, 1.82) is 0 Å². The van der Waals surface area contributed by atoms with Gasteiger partial charge in [-0.2, -0.15) is 0 Å². The number of methoxy groups -OCH3 is 2. The fourth-order valence-corrected chi connectivity index (χ4v) is 5.91. The Labute approximate surface area is 228 Å². The Balaban J connectivity index is 1.42. The van der Waals surface area contributed by atoms with E-state index in [2.05, 4.69) is 5.32 Å². The molecular weight excluding hydrogens is 516 g/mol. The topological polar surface area (TPSA) is 131 Å². The first kappa shape index (κ1) is 25.1. The summed E-state index contributed by atoms with van der Waals surface area (Å²) in [5.74, 6) is -2.42. The van der Waals surface area contributed by atoms with Gasteiger partial charge in [0.2, 0.25) is 17.7 Å². The summed E-state index contributed by atoms with van der Waals surface area (Å²) in [6.07, 6.45) is 3.75. The van der Waals surface area contributed by atoms with Crippen molar-refractivity contribution in [2.75, 3.05) is 29.3 Å². The molecule has 4 atom stereocenters. The molecule has 2 saturated heterocycles. The molecule has 3 aromatic carbocycles. The van der Waals surface area contributed by atoms with Crippen LogP contribution in [0.1, 0.15) is 5.56 Å². The van der Waals surface area contributed by atoms with Crippen LogP contribution in [0, 0.1) is 22.0 Å². The monoisotopic (exact) mass is 540 g/mol. The van der Waals surface area contributed by atoms with E-state index < -0.39 is 46.6 Å². The van der Waals surface area contributed by atoms with Crippen LogP contribution in [0.3, 0.4) is 0 Å². The van der Waals surface area contributed by atoms with Crippen molar-refractivity contribution in [3.63, 3.8) is 0 Å². The van der Waals surface area contributed by atoms with Gasteiger partial charge in [0.25, 0.3) is 5.69 Å². The number of fused-ring (bicyclic) bond motifs is 5. The zero-order valence-corrected chi connectivity index (χ0v) is 21.5. The lowest BCUT2D eigenvalue weighted by molar-refractivity contribution is -0.384. The third-order valence-corrected chi connectivity index (χ3v) is 7.67. The number of nitrogens with one attached hydrogen (secondary N) is 1. The van der Waals surface area contributed by atoms with Gasteiger partial charge in [-0.1, -0.05) is 30.4 Å². The van der Waals surface area contributed by atoms with E-state index in [0.717, 1.165) is 16.2 Å². The van der Waals surface area contributed by atoms with E-state index in [1.807, 2.05) is 41.3 Å². The number of para-hydroxylation sites is 1. The van der Waals surface area contributed by atoms with Crippen molar-refractivity contribution in [3.8, 4) is 11.5 Å². The standard InChI is InChI=1S/C29H24N4O7/c1-39-19-12-14-23(40-2)20(15-19)30-27(34)26-25-24(22-13-7-16-5-3-4-6-21(16)32(22)26)28(35)31(29(25)36)17-8-10-18(11-9-17)33(37)38/h3-15,22,24-26H,1-2H3,(H,30,34)/t22-,24-,25-,26+/m0/s1. The number of imide groups is 1. The molecule has 1 N–H and O–H groups in total. The van der Waals surface area contributed by atoms with Crippen molar-refractivity contribution < 1.29 is 28.8 Å². The normalized spacial score (nSPS) is 22.4. The summed E-state index contributed by atoms with van der Waals surface area (Å²) in [5.41, 5.74) is 2.02. The fraction of sp³-hybridized carbons (Fsp3) is 0.207. The number of nitro groups is 1. The highest BCUT2D eigenvalue weighted by Crippen LogP contribution is 2.49. The molecule has 40 heavy (non-hydrogen) atoms. The number of hydrogen-bond acceptors (Lipinski definition) is 8. The number of nitrogens with zero attached hydrogens (tertiary/aromatic N) is 3. The predicted octanol–water partition coefficient (Wildman–Crippen LogP) is 3.64. The summed E-state index contributed by atoms with van der Waals surface area (Å²) in [5, 5.41) is 14.0. The second kappa shape index (κ2) is 9.53. The van der Waals surface area contributed by atoms with Crippen LogP contribution < -0.4 is 24.6 Å². The highest BCUT2D eigenvalue weighted by atomic mass is 16.6. The molecule has 11 nitrogen and oxygen atoms in total. The van der Waals surface area contributed by atoms with Crippen LogP contribution >= 0.6 is 0 Å². The fourth-order valence-electron chi connectivity index (χ4n) is 5.91. The van der Waals surface area contributed by atoms with E-state index >= 15 is 0 Å². The van der Waals surface area contributed by atoms with E-state index in [0.29, 0.717) is 17.2 Å². The number of ether oxygens (including phenoxy) is 2. The molecule has 0 bridgehead atoms. The van der Waals surface area contributed by atoms with Gasteiger partial charge >= 0.3 is 0 Å². The van der Waals surface area contributed by atoms with E-state index in [1.165, 1.54) is 38.5 Å². The molecule has 11 heteroatoms. The van der Waals surface area contributed by atoms with Gasteiger partial charge in [0.05, 0.1) is 48.4 Å². The molecule has 3 aliphatic heterocycles. The number of anilines is 3. The Hall–Kier alpha value is -5.19. The van der Waals surface area contributed by atoms with Crippen LogP contribution in [0.25, 0.3) is 6.08 Å². The van der Waals surface area contributed by atoms with Crippen LogP contribution in [-0.2, 0) is 14.4 Å². The number of amides is 3. The van der Waals surface area contributed by atoms with E-state index in [1.54, 1.807) is 18.2 Å². The van der Waals surface area contributed by atoms with Gasteiger partial charge in [-0.05, 0) is 35.9 Å². The first-order chi connectivity index (χ1) is 19.3. The average Bonchev–Trinajstić information content (AvgIpc) is 3.45. The van der Waals surface area contributed by atoms with Crippen LogP contribution in [0.2, 0.25) is 0 Å². The largest absolute Gasteiger partial charge is 0.497 e. The SMILES string of the molecule is COc1ccc(OC)c(NC(=O)[C@H]2[C@H]3C(=O)N(c4ccc([N+](=O)[O-])cc4)C(=O)[C@H]3[C@@H]3C=Cc4ccccc4N32)c1. The van der Waals surface area contributed by atoms with Crippen molar-refractivity contribution >= 4 is 46.5 Å². The first-order valence-electron chi connectivity index (χ1n) is 12.5. The van der Waals surface area contributed by atoms with E-state index in [-0.39, 0.29) is 11.4 Å². The number of carbonyl (C=O) groups excluding carboxylic acids is 3. The predicted molar refractivity (Wildman–Crippen MR) is 146 cm³/mol. The van der Waals surface area contributed by atoms with Gasteiger partial charge in [-0.15, -0.1) is 0 Å². The molecule has 3 aromatic rings. The summed E-state index contributed by atoms with van der Waals surface area (Å²) in [4.78, 5) is 55.3. The van der Waals surface area contributed by atoms with Gasteiger partial charge in [0.15, 0.2) is 0 Å². The number of nitro benzene ring substituents is 1. The van der Waals surface area contributed by atoms with Crippen LogP contribution in [0.15, 0.2) is 72.8 Å². The molecule has 3 heterocycles. The lowest BCUT2D eigenvalue weighted by Crippen LogP contribution is -2.50. The zero-order valence-electron chi connectivity index (χ0n) is 21.5. The van der Waals surface area contributed by atoms with Crippen LogP contribution in [0.5, 0.6) is 11.5 Å². The van der Waals surface area contributed by atoms with Crippen molar-refractivity contribution in [2.24, 2.45) is 11.8 Å². The average molecular weight is 541 g/mol. The van der Waals surface area contributed by atoms with Gasteiger partial charge in [0.1, 0.15) is 17.5 Å². The Morgan fingerprint density at radius 1 is 0.950 bits per heavy atom. The Morgan fingerprint density at radius 3 is 2.38 bits per heavy atom. The quantitative estimate of drug-likeness (QED) is 0.285. The molecule has 3 aliphatic rings. The van der Waals surface area contributed by atoms with Gasteiger partial charge in [-0.25, -0.2) is 4.90 Å². The molecule has 0 radical (unpaired) electrons. The molecule has 6 rings (SSSR count). The second-order valence-corrected chi connectivity index (χ2v) is 9.65.